The highest BCUT2D eigenvalue weighted by Crippen LogP contribution is 2.40. The van der Waals surface area contributed by atoms with E-state index in [4.69, 9.17) is 23.7 Å². The number of methoxy groups -OCH3 is 1. The lowest BCUT2D eigenvalue weighted by Crippen LogP contribution is -2.43. The number of ether oxygens (including phenoxy) is 5. The van der Waals surface area contributed by atoms with Crippen LogP contribution in [0.25, 0.3) is 0 Å². The molecule has 0 amide bonds. The zero-order chi connectivity index (χ0) is 15.8. The summed E-state index contributed by atoms with van der Waals surface area (Å²) in [5.41, 5.74) is -0.0804. The van der Waals surface area contributed by atoms with Crippen LogP contribution in [-0.4, -0.2) is 61.3 Å². The fraction of sp³-hybridized carbons (Fsp3) is 0.786. The molecule has 2 fully saturated rings. The van der Waals surface area contributed by atoms with Crippen LogP contribution in [0.2, 0.25) is 0 Å². The number of aliphatic hydroxyl groups is 1. The molecule has 0 aromatic carbocycles. The molecule has 120 valence electrons. The Morgan fingerprint density at radius 3 is 2.67 bits per heavy atom. The summed E-state index contributed by atoms with van der Waals surface area (Å²) in [6.07, 6.45) is -3.76. The van der Waals surface area contributed by atoms with Gasteiger partial charge in [-0.2, -0.15) is 0 Å². The molecule has 1 N–H and O–H groups in total. The van der Waals surface area contributed by atoms with E-state index < -0.39 is 42.5 Å². The first-order valence-electron chi connectivity index (χ1n) is 6.88. The largest absolute Gasteiger partial charge is 0.463 e. The quantitative estimate of drug-likeness (QED) is 0.580. The van der Waals surface area contributed by atoms with Gasteiger partial charge in [0, 0.05) is 7.11 Å². The van der Waals surface area contributed by atoms with Gasteiger partial charge in [0.05, 0.1) is 12.2 Å². The van der Waals surface area contributed by atoms with E-state index in [2.05, 4.69) is 6.58 Å². The number of aliphatic hydroxyl groups excluding tert-OH is 1. The van der Waals surface area contributed by atoms with Crippen LogP contribution in [0.3, 0.4) is 0 Å². The van der Waals surface area contributed by atoms with Gasteiger partial charge in [-0.3, -0.25) is 0 Å². The molecule has 7 nitrogen and oxygen atoms in total. The van der Waals surface area contributed by atoms with Crippen LogP contribution in [0.5, 0.6) is 0 Å². The maximum absolute atomic E-state index is 11.6. The first-order valence-corrected chi connectivity index (χ1v) is 6.88. The normalized spacial score (nSPS) is 35.3. The van der Waals surface area contributed by atoms with Crippen molar-refractivity contribution in [1.29, 1.82) is 0 Å². The lowest BCUT2D eigenvalue weighted by atomic mass is 10.00. The molecule has 2 saturated heterocycles. The van der Waals surface area contributed by atoms with Crippen LogP contribution in [0.15, 0.2) is 12.2 Å². The van der Waals surface area contributed by atoms with E-state index in [0.29, 0.717) is 0 Å². The average Bonchev–Trinajstić information content (AvgIpc) is 2.88. The molecule has 21 heavy (non-hydrogen) atoms. The molecule has 2 heterocycles. The summed E-state index contributed by atoms with van der Waals surface area (Å²) in [5, 5.41) is 10.3. The van der Waals surface area contributed by atoms with E-state index in [1.807, 2.05) is 0 Å². The molecule has 0 aromatic heterocycles. The summed E-state index contributed by atoms with van der Waals surface area (Å²) in [6, 6.07) is 0. The molecule has 2 aliphatic rings. The van der Waals surface area contributed by atoms with Crippen LogP contribution in [-0.2, 0) is 28.5 Å². The van der Waals surface area contributed by atoms with Crippen LogP contribution in [0.1, 0.15) is 20.8 Å². The van der Waals surface area contributed by atoms with Gasteiger partial charge in [-0.1, -0.05) is 6.58 Å². The highest BCUT2D eigenvalue weighted by Gasteiger charge is 2.57. The average molecular weight is 302 g/mol. The Bertz CT molecular complexity index is 420. The number of carbonyl (C=O) groups is 1. The van der Waals surface area contributed by atoms with Crippen molar-refractivity contribution in [3.8, 4) is 0 Å². The van der Waals surface area contributed by atoms with Gasteiger partial charge < -0.3 is 28.8 Å². The fourth-order valence-corrected chi connectivity index (χ4v) is 2.57. The zero-order valence-electron chi connectivity index (χ0n) is 12.7. The van der Waals surface area contributed by atoms with Gasteiger partial charge in [0.2, 0.25) is 0 Å². The molecule has 1 unspecified atom stereocenters. The van der Waals surface area contributed by atoms with Gasteiger partial charge in [0.1, 0.15) is 24.4 Å². The zero-order valence-corrected chi connectivity index (χ0v) is 12.7. The number of hydrogen-bond donors (Lipinski definition) is 1. The second-order valence-corrected chi connectivity index (χ2v) is 5.46. The van der Waals surface area contributed by atoms with Crippen molar-refractivity contribution in [3.05, 3.63) is 12.2 Å². The molecule has 5 atom stereocenters. The molecule has 0 radical (unpaired) electrons. The first kappa shape index (κ1) is 16.4. The maximum Gasteiger partial charge on any atom is 0.336 e. The second kappa shape index (κ2) is 6.02. The minimum absolute atomic E-state index is 0.0804. The number of fused-ring (bicyclic) bond motifs is 1. The Kier molecular flexibility index (Phi) is 4.69. The summed E-state index contributed by atoms with van der Waals surface area (Å²) in [5.74, 6) is -1.44. The fourth-order valence-electron chi connectivity index (χ4n) is 2.57. The third-order valence-corrected chi connectivity index (χ3v) is 3.50. The monoisotopic (exact) mass is 302 g/mol. The molecule has 0 aliphatic carbocycles. The van der Waals surface area contributed by atoms with Crippen molar-refractivity contribution in [2.45, 2.75) is 57.3 Å². The first-order chi connectivity index (χ1) is 9.80. The Balaban J connectivity index is 2.08. The predicted octanol–water partition coefficient (Wildman–Crippen LogP) is 0.358. The van der Waals surface area contributed by atoms with Gasteiger partial charge in [-0.15, -0.1) is 0 Å². The van der Waals surface area contributed by atoms with Crippen molar-refractivity contribution in [3.63, 3.8) is 0 Å². The molecular weight excluding hydrogens is 280 g/mol. The summed E-state index contributed by atoms with van der Waals surface area (Å²) >= 11 is 0. The molecule has 2 rings (SSSR count). The minimum Gasteiger partial charge on any atom is -0.463 e. The van der Waals surface area contributed by atoms with Gasteiger partial charge in [0.15, 0.2) is 12.1 Å². The summed E-state index contributed by atoms with van der Waals surface area (Å²) in [6.45, 7) is 8.98. The number of carbonyl (C=O) groups excluding carboxylic acids is 1. The molecule has 0 aromatic rings. The minimum atomic E-state index is -1.25. The molecular formula is C14H22O7. The van der Waals surface area contributed by atoms with Crippen molar-refractivity contribution < 1.29 is 33.6 Å². The second-order valence-electron chi connectivity index (χ2n) is 5.46. The van der Waals surface area contributed by atoms with Crippen LogP contribution in [0.4, 0.5) is 0 Å². The SMILES string of the molecule is C=C(C(=O)OCC)C(O)[C@@H]1O[C@@H]2OC(C)(C)O[C@@H]2[C@H]1OC. The van der Waals surface area contributed by atoms with Gasteiger partial charge in [-0.05, 0) is 20.8 Å². The lowest BCUT2D eigenvalue weighted by molar-refractivity contribution is -0.225. The number of hydrogen-bond acceptors (Lipinski definition) is 7. The molecule has 2 aliphatic heterocycles. The van der Waals surface area contributed by atoms with Crippen molar-refractivity contribution >= 4 is 5.97 Å². The Morgan fingerprint density at radius 1 is 1.43 bits per heavy atom. The van der Waals surface area contributed by atoms with Gasteiger partial charge in [-0.25, -0.2) is 4.79 Å². The summed E-state index contributed by atoms with van der Waals surface area (Å²) in [4.78, 5) is 11.6. The van der Waals surface area contributed by atoms with Crippen LogP contribution >= 0.6 is 0 Å². The predicted molar refractivity (Wildman–Crippen MR) is 71.3 cm³/mol. The topological polar surface area (TPSA) is 83.5 Å². The lowest BCUT2D eigenvalue weighted by Gasteiger charge is -2.28. The molecule has 0 bridgehead atoms. The van der Waals surface area contributed by atoms with E-state index >= 15 is 0 Å². The highest BCUT2D eigenvalue weighted by molar-refractivity contribution is 5.88. The number of esters is 1. The van der Waals surface area contributed by atoms with E-state index in [9.17, 15) is 9.90 Å². The van der Waals surface area contributed by atoms with Gasteiger partial charge in [0.25, 0.3) is 0 Å². The van der Waals surface area contributed by atoms with Crippen LogP contribution < -0.4 is 0 Å². The van der Waals surface area contributed by atoms with Gasteiger partial charge >= 0.3 is 5.97 Å². The van der Waals surface area contributed by atoms with E-state index in [0.717, 1.165) is 0 Å². The maximum atomic E-state index is 11.6. The standard InChI is InChI=1S/C14H22O7/c1-6-18-12(16)7(2)8(15)9-10(17-5)11-13(19-9)21-14(3,4)20-11/h8-11,13,15H,2,6H2,1,3-5H3/t8?,9-,10-,11+,13+/m0/s1. The summed E-state index contributed by atoms with van der Waals surface area (Å²) < 4.78 is 27.1. The third-order valence-electron chi connectivity index (χ3n) is 3.50. The third kappa shape index (κ3) is 3.12. The smallest absolute Gasteiger partial charge is 0.336 e. The Labute approximate surface area is 123 Å². The van der Waals surface area contributed by atoms with Crippen molar-refractivity contribution in [2.75, 3.05) is 13.7 Å². The molecule has 0 saturated carbocycles. The van der Waals surface area contributed by atoms with Crippen LogP contribution in [0, 0.1) is 0 Å². The van der Waals surface area contributed by atoms with E-state index in [-0.39, 0.29) is 12.2 Å². The van der Waals surface area contributed by atoms with Crippen molar-refractivity contribution in [2.24, 2.45) is 0 Å². The number of rotatable bonds is 5. The highest BCUT2D eigenvalue weighted by atomic mass is 16.8. The molecule has 0 spiro atoms. The summed E-state index contributed by atoms with van der Waals surface area (Å²) in [7, 11) is 1.48. The van der Waals surface area contributed by atoms with E-state index in [1.54, 1.807) is 20.8 Å². The molecule has 7 heteroatoms. The Hall–Kier alpha value is -0.990. The Morgan fingerprint density at radius 2 is 2.10 bits per heavy atom. The van der Waals surface area contributed by atoms with Crippen molar-refractivity contribution in [1.82, 2.24) is 0 Å². The van der Waals surface area contributed by atoms with E-state index in [1.165, 1.54) is 7.11 Å².